The van der Waals surface area contributed by atoms with Crippen LogP contribution in [0.5, 0.6) is 0 Å². The lowest BCUT2D eigenvalue weighted by Crippen LogP contribution is -2.43. The lowest BCUT2D eigenvalue weighted by atomic mass is 10.1. The molecule has 1 atom stereocenters. The fraction of sp³-hybridized carbons (Fsp3) is 0.500. The van der Waals surface area contributed by atoms with Crippen molar-refractivity contribution in [1.29, 1.82) is 0 Å². The van der Waals surface area contributed by atoms with E-state index in [2.05, 4.69) is 21.2 Å². The molecule has 0 bridgehead atoms. The number of morpholine rings is 1. The van der Waals surface area contributed by atoms with Crippen LogP contribution in [0.4, 0.5) is 0 Å². The van der Waals surface area contributed by atoms with Gasteiger partial charge >= 0.3 is 0 Å². The number of ketones is 1. The zero-order chi connectivity index (χ0) is 10.7. The molecule has 0 amide bonds. The summed E-state index contributed by atoms with van der Waals surface area (Å²) >= 11 is 4.97. The van der Waals surface area contributed by atoms with Crippen molar-refractivity contribution in [3.05, 3.63) is 20.8 Å². The Hall–Kier alpha value is -0.230. The molecule has 5 heteroatoms. The number of ether oxygens (including phenoxy) is 1. The van der Waals surface area contributed by atoms with Gasteiger partial charge in [-0.3, -0.25) is 4.79 Å². The van der Waals surface area contributed by atoms with Gasteiger partial charge in [0, 0.05) is 34.2 Å². The molecular weight excluding hydrogens is 278 g/mol. The number of halogens is 1. The van der Waals surface area contributed by atoms with E-state index in [1.54, 1.807) is 11.3 Å². The van der Waals surface area contributed by atoms with E-state index in [1.165, 1.54) is 0 Å². The van der Waals surface area contributed by atoms with Gasteiger partial charge < -0.3 is 10.1 Å². The van der Waals surface area contributed by atoms with Crippen LogP contribution in [0.3, 0.4) is 0 Å². The molecule has 1 N–H and O–H groups in total. The van der Waals surface area contributed by atoms with E-state index in [0.29, 0.717) is 19.6 Å². The summed E-state index contributed by atoms with van der Waals surface area (Å²) in [6.07, 6.45) is 0.211. The highest BCUT2D eigenvalue weighted by atomic mass is 79.9. The number of carbonyl (C=O) groups is 1. The van der Waals surface area contributed by atoms with E-state index in [-0.39, 0.29) is 11.9 Å². The van der Waals surface area contributed by atoms with E-state index >= 15 is 0 Å². The van der Waals surface area contributed by atoms with Gasteiger partial charge in [0.2, 0.25) is 0 Å². The summed E-state index contributed by atoms with van der Waals surface area (Å²) in [5.41, 5.74) is 0. The predicted octanol–water partition coefficient (Wildman–Crippen LogP) is 1.61. The highest BCUT2D eigenvalue weighted by Gasteiger charge is 2.21. The Bertz CT molecular complexity index is 347. The van der Waals surface area contributed by atoms with Crippen molar-refractivity contribution < 1.29 is 9.53 Å². The minimum Gasteiger partial charge on any atom is -0.368 e. The van der Waals surface area contributed by atoms with Crippen molar-refractivity contribution in [2.75, 3.05) is 19.7 Å². The number of hydrogen-bond acceptors (Lipinski definition) is 4. The molecule has 0 aromatic carbocycles. The van der Waals surface area contributed by atoms with Crippen molar-refractivity contribution in [2.24, 2.45) is 0 Å². The number of rotatable bonds is 3. The number of Topliss-reactive ketones (excluding diaryl/α,β-unsaturated/α-hetero) is 1. The van der Waals surface area contributed by atoms with Gasteiger partial charge in [0.1, 0.15) is 6.10 Å². The normalized spacial score (nSPS) is 21.5. The molecule has 3 nitrogen and oxygen atoms in total. The van der Waals surface area contributed by atoms with Crippen LogP contribution >= 0.6 is 27.3 Å². The second kappa shape index (κ2) is 5.21. The fourth-order valence-corrected chi connectivity index (χ4v) is 2.97. The highest BCUT2D eigenvalue weighted by molar-refractivity contribution is 9.10. The zero-order valence-corrected chi connectivity index (χ0v) is 10.6. The van der Waals surface area contributed by atoms with Crippen LogP contribution in [-0.4, -0.2) is 31.6 Å². The van der Waals surface area contributed by atoms with Crippen molar-refractivity contribution in [3.8, 4) is 0 Å². The van der Waals surface area contributed by atoms with Crippen LogP contribution in [0.2, 0.25) is 0 Å². The van der Waals surface area contributed by atoms with Gasteiger partial charge in [0.15, 0.2) is 5.78 Å². The van der Waals surface area contributed by atoms with Gasteiger partial charge in [-0.1, -0.05) is 0 Å². The zero-order valence-electron chi connectivity index (χ0n) is 8.16. The Morgan fingerprint density at radius 2 is 2.60 bits per heavy atom. The first kappa shape index (κ1) is 11.3. The summed E-state index contributed by atoms with van der Waals surface area (Å²) in [5, 5.41) is 5.14. The highest BCUT2D eigenvalue weighted by Crippen LogP contribution is 2.20. The summed E-state index contributed by atoms with van der Waals surface area (Å²) < 4.78 is 6.44. The Balaban J connectivity index is 1.91. The predicted molar refractivity (Wildman–Crippen MR) is 63.3 cm³/mol. The lowest BCUT2D eigenvalue weighted by molar-refractivity contribution is -0.131. The smallest absolute Gasteiger partial charge is 0.168 e. The first-order valence-corrected chi connectivity index (χ1v) is 6.51. The van der Waals surface area contributed by atoms with E-state index < -0.39 is 0 Å². The summed E-state index contributed by atoms with van der Waals surface area (Å²) in [7, 11) is 0. The molecule has 1 aliphatic rings. The number of carbonyl (C=O) groups excluding carboxylic acids is 1. The van der Waals surface area contributed by atoms with E-state index in [4.69, 9.17) is 4.74 Å². The molecule has 2 rings (SSSR count). The van der Waals surface area contributed by atoms with Crippen LogP contribution in [0, 0.1) is 0 Å². The average Bonchev–Trinajstić information content (AvgIpc) is 2.65. The Morgan fingerprint density at radius 3 is 3.20 bits per heavy atom. The van der Waals surface area contributed by atoms with Crippen molar-refractivity contribution in [3.63, 3.8) is 0 Å². The second-order valence-corrected chi connectivity index (χ2v) is 5.35. The van der Waals surface area contributed by atoms with Gasteiger partial charge in [-0.25, -0.2) is 0 Å². The average molecular weight is 290 g/mol. The molecule has 0 aliphatic carbocycles. The second-order valence-electron chi connectivity index (χ2n) is 3.44. The maximum atomic E-state index is 11.8. The minimum absolute atomic E-state index is 0.163. The topological polar surface area (TPSA) is 38.3 Å². The molecule has 1 saturated heterocycles. The maximum Gasteiger partial charge on any atom is 0.168 e. The molecule has 1 aromatic heterocycles. The molecule has 15 heavy (non-hydrogen) atoms. The van der Waals surface area contributed by atoms with Crippen molar-refractivity contribution >= 4 is 33.0 Å². The Morgan fingerprint density at radius 1 is 1.73 bits per heavy atom. The van der Waals surface area contributed by atoms with E-state index in [0.717, 1.165) is 15.9 Å². The molecule has 0 radical (unpaired) electrons. The summed E-state index contributed by atoms with van der Waals surface area (Å²) in [5.74, 6) is 0.163. The molecule has 1 aliphatic heterocycles. The van der Waals surface area contributed by atoms with Gasteiger partial charge in [-0.2, -0.15) is 0 Å². The molecule has 1 unspecified atom stereocenters. The quantitative estimate of drug-likeness (QED) is 0.919. The van der Waals surface area contributed by atoms with Crippen LogP contribution < -0.4 is 5.32 Å². The molecule has 0 spiro atoms. The van der Waals surface area contributed by atoms with Gasteiger partial charge in [-0.05, 0) is 22.0 Å². The van der Waals surface area contributed by atoms with Gasteiger partial charge in [0.25, 0.3) is 0 Å². The molecular formula is C10H12BrNO2S. The first-order chi connectivity index (χ1) is 7.25. The maximum absolute atomic E-state index is 11.8. The first-order valence-electron chi connectivity index (χ1n) is 4.83. The van der Waals surface area contributed by atoms with Crippen LogP contribution in [0.1, 0.15) is 4.88 Å². The van der Waals surface area contributed by atoms with Crippen molar-refractivity contribution in [1.82, 2.24) is 5.32 Å². The summed E-state index contributed by atoms with van der Waals surface area (Å²) in [6.45, 7) is 2.12. The number of thiophene rings is 1. The van der Waals surface area contributed by atoms with E-state index in [1.807, 2.05) is 11.4 Å². The molecule has 1 fully saturated rings. The monoisotopic (exact) mass is 289 g/mol. The van der Waals surface area contributed by atoms with Crippen LogP contribution in [0.15, 0.2) is 15.9 Å². The van der Waals surface area contributed by atoms with Gasteiger partial charge in [-0.15, -0.1) is 11.3 Å². The summed E-state index contributed by atoms with van der Waals surface area (Å²) in [6, 6.07) is 1.98. The third-order valence-electron chi connectivity index (χ3n) is 2.26. The third-order valence-corrected chi connectivity index (χ3v) is 3.95. The van der Waals surface area contributed by atoms with Crippen LogP contribution in [-0.2, 0) is 16.0 Å². The minimum atomic E-state index is -0.264. The standard InChI is InChI=1S/C10H12BrNO2S/c11-7-3-8(15-6-7)4-9(13)10-5-12-1-2-14-10/h3,6,10,12H,1-2,4-5H2. The fourth-order valence-electron chi connectivity index (χ4n) is 1.50. The van der Waals surface area contributed by atoms with Crippen molar-refractivity contribution in [2.45, 2.75) is 12.5 Å². The largest absolute Gasteiger partial charge is 0.368 e. The summed E-state index contributed by atoms with van der Waals surface area (Å²) in [4.78, 5) is 12.9. The lowest BCUT2D eigenvalue weighted by Gasteiger charge is -2.22. The van der Waals surface area contributed by atoms with Gasteiger partial charge in [0.05, 0.1) is 6.61 Å². The molecule has 82 valence electrons. The van der Waals surface area contributed by atoms with Crippen LogP contribution in [0.25, 0.3) is 0 Å². The number of hydrogen-bond donors (Lipinski definition) is 1. The molecule has 2 heterocycles. The Kier molecular flexibility index (Phi) is 3.91. The SMILES string of the molecule is O=C(Cc1cc(Br)cs1)C1CNCCO1. The molecule has 1 aromatic rings. The van der Waals surface area contributed by atoms with E-state index in [9.17, 15) is 4.79 Å². The number of nitrogens with one attached hydrogen (secondary N) is 1. The Labute approximate surface area is 101 Å². The third kappa shape index (κ3) is 3.11. The molecule has 0 saturated carbocycles.